The summed E-state index contributed by atoms with van der Waals surface area (Å²) in [5.41, 5.74) is 2.27. The number of likely N-dealkylation sites (tertiary alicyclic amines) is 1. The first-order chi connectivity index (χ1) is 16.2. The molecule has 1 unspecified atom stereocenters. The monoisotopic (exact) mass is 466 g/mol. The molecule has 0 spiro atoms. The lowest BCUT2D eigenvalue weighted by atomic mass is 9.95. The second-order valence-electron chi connectivity index (χ2n) is 8.77. The number of carbonyl (C=O) groups excluding carboxylic acids is 2. The van der Waals surface area contributed by atoms with Crippen LogP contribution < -0.4 is 9.64 Å². The van der Waals surface area contributed by atoms with Gasteiger partial charge in [0.25, 0.3) is 11.7 Å². The number of carbonyl (C=O) groups is 2. The lowest BCUT2D eigenvalue weighted by Gasteiger charge is -2.26. The van der Waals surface area contributed by atoms with Crippen LogP contribution in [0, 0.1) is 0 Å². The molecule has 1 aliphatic heterocycles. The van der Waals surface area contributed by atoms with E-state index in [1.165, 1.54) is 4.90 Å². The van der Waals surface area contributed by atoms with Crippen LogP contribution >= 0.6 is 0 Å². The van der Waals surface area contributed by atoms with Gasteiger partial charge < -0.3 is 24.4 Å². The maximum absolute atomic E-state index is 13.1. The van der Waals surface area contributed by atoms with Crippen molar-refractivity contribution < 1.29 is 24.2 Å². The van der Waals surface area contributed by atoms with Crippen LogP contribution in [0.25, 0.3) is 5.76 Å². The number of hydrogen-bond acceptors (Lipinski definition) is 6. The zero-order chi connectivity index (χ0) is 24.8. The van der Waals surface area contributed by atoms with Gasteiger partial charge in [0.15, 0.2) is 0 Å². The first-order valence-electron chi connectivity index (χ1n) is 11.6. The zero-order valence-corrected chi connectivity index (χ0v) is 20.6. The molecule has 1 fully saturated rings. The molecule has 1 amide bonds. The van der Waals surface area contributed by atoms with Crippen LogP contribution in [-0.4, -0.2) is 61.7 Å². The van der Waals surface area contributed by atoms with Crippen molar-refractivity contribution in [3.05, 3.63) is 65.2 Å². The van der Waals surface area contributed by atoms with Crippen molar-refractivity contribution >= 4 is 23.1 Å². The number of anilines is 1. The van der Waals surface area contributed by atoms with Crippen molar-refractivity contribution in [3.8, 4) is 5.75 Å². The highest BCUT2D eigenvalue weighted by Crippen LogP contribution is 2.39. The van der Waals surface area contributed by atoms with Gasteiger partial charge in [-0.15, -0.1) is 0 Å². The number of rotatable bonds is 10. The molecule has 0 bridgehead atoms. The molecule has 1 N–H and O–H groups in total. The Bertz CT molecular complexity index is 1030. The van der Waals surface area contributed by atoms with Gasteiger partial charge in [-0.1, -0.05) is 19.1 Å². The Morgan fingerprint density at radius 2 is 1.68 bits per heavy atom. The molecule has 182 valence electrons. The third kappa shape index (κ3) is 5.59. The molecule has 1 atom stereocenters. The van der Waals surface area contributed by atoms with Gasteiger partial charge in [-0.2, -0.15) is 0 Å². The molecular weight excluding hydrogens is 432 g/mol. The highest BCUT2D eigenvalue weighted by Gasteiger charge is 2.45. The molecule has 7 heteroatoms. The van der Waals surface area contributed by atoms with Gasteiger partial charge in [0.2, 0.25) is 0 Å². The number of hydrogen-bond donors (Lipinski definition) is 1. The van der Waals surface area contributed by atoms with Gasteiger partial charge in [-0.05, 0) is 62.2 Å². The first-order valence-corrected chi connectivity index (χ1v) is 11.6. The quantitative estimate of drug-likeness (QED) is 0.318. The molecule has 34 heavy (non-hydrogen) atoms. The topological polar surface area (TPSA) is 79.3 Å². The highest BCUT2D eigenvalue weighted by atomic mass is 16.5. The third-order valence-corrected chi connectivity index (χ3v) is 5.65. The van der Waals surface area contributed by atoms with Crippen molar-refractivity contribution in [2.75, 3.05) is 38.8 Å². The van der Waals surface area contributed by atoms with Gasteiger partial charge in [0.05, 0.1) is 30.9 Å². The fraction of sp³-hybridized carbons (Fsp3) is 0.407. The van der Waals surface area contributed by atoms with E-state index in [-0.39, 0.29) is 24.0 Å². The van der Waals surface area contributed by atoms with Gasteiger partial charge in [0, 0.05) is 31.9 Å². The van der Waals surface area contributed by atoms with Crippen LogP contribution in [0.2, 0.25) is 0 Å². The minimum Gasteiger partial charge on any atom is -0.507 e. The molecule has 2 aromatic carbocycles. The number of aliphatic hydroxyl groups is 1. The predicted octanol–water partition coefficient (Wildman–Crippen LogP) is 4.39. The minimum absolute atomic E-state index is 0.00286. The number of ketones is 1. The summed E-state index contributed by atoms with van der Waals surface area (Å²) in [5, 5.41) is 11.2. The van der Waals surface area contributed by atoms with Crippen LogP contribution in [0.4, 0.5) is 5.69 Å². The average molecular weight is 467 g/mol. The summed E-state index contributed by atoms with van der Waals surface area (Å²) in [6, 6.07) is 13.8. The van der Waals surface area contributed by atoms with Crippen LogP contribution in [0.5, 0.6) is 5.75 Å². The lowest BCUT2D eigenvalue weighted by Crippen LogP contribution is -2.33. The molecule has 1 aliphatic rings. The molecule has 0 radical (unpaired) electrons. The highest BCUT2D eigenvalue weighted by molar-refractivity contribution is 6.46. The maximum atomic E-state index is 13.1. The van der Waals surface area contributed by atoms with E-state index in [1.54, 1.807) is 24.3 Å². The Morgan fingerprint density at radius 1 is 1.03 bits per heavy atom. The van der Waals surface area contributed by atoms with Crippen molar-refractivity contribution in [1.29, 1.82) is 0 Å². The van der Waals surface area contributed by atoms with Crippen molar-refractivity contribution in [2.45, 2.75) is 39.3 Å². The van der Waals surface area contributed by atoms with Crippen LogP contribution in [0.1, 0.15) is 44.4 Å². The number of Topliss-reactive ketones (excluding diaryl/α,β-unsaturated/α-hetero) is 1. The van der Waals surface area contributed by atoms with Crippen molar-refractivity contribution in [2.24, 2.45) is 0 Å². The Hall–Kier alpha value is -3.32. The van der Waals surface area contributed by atoms with E-state index >= 15 is 0 Å². The molecule has 3 rings (SSSR count). The van der Waals surface area contributed by atoms with E-state index < -0.39 is 17.7 Å². The molecule has 0 aromatic heterocycles. The summed E-state index contributed by atoms with van der Waals surface area (Å²) in [4.78, 5) is 29.6. The van der Waals surface area contributed by atoms with Gasteiger partial charge in [-0.25, -0.2) is 0 Å². The Kier molecular flexibility index (Phi) is 8.34. The summed E-state index contributed by atoms with van der Waals surface area (Å²) < 4.78 is 11.3. The summed E-state index contributed by atoms with van der Waals surface area (Å²) in [6.07, 6.45) is 0.890. The fourth-order valence-electron chi connectivity index (χ4n) is 3.88. The average Bonchev–Trinajstić information content (AvgIpc) is 3.07. The molecule has 1 heterocycles. The van der Waals surface area contributed by atoms with Crippen LogP contribution in [0.3, 0.4) is 0 Å². The summed E-state index contributed by atoms with van der Waals surface area (Å²) in [6.45, 7) is 6.98. The lowest BCUT2D eigenvalue weighted by molar-refractivity contribution is -0.140. The number of amides is 1. The predicted molar refractivity (Wildman–Crippen MR) is 133 cm³/mol. The van der Waals surface area contributed by atoms with Gasteiger partial charge >= 0.3 is 0 Å². The van der Waals surface area contributed by atoms with Crippen molar-refractivity contribution in [1.82, 2.24) is 4.90 Å². The molecule has 0 saturated carbocycles. The number of nitrogens with zero attached hydrogens (tertiary/aromatic N) is 2. The van der Waals surface area contributed by atoms with E-state index in [0.717, 1.165) is 17.7 Å². The second-order valence-corrected chi connectivity index (χ2v) is 8.77. The van der Waals surface area contributed by atoms with E-state index in [0.29, 0.717) is 24.5 Å². The summed E-state index contributed by atoms with van der Waals surface area (Å²) in [5.74, 6) is -0.858. The molecule has 2 aromatic rings. The second kappa shape index (κ2) is 11.2. The van der Waals surface area contributed by atoms with E-state index in [1.807, 2.05) is 64.0 Å². The van der Waals surface area contributed by atoms with E-state index in [2.05, 4.69) is 0 Å². The number of benzene rings is 2. The first kappa shape index (κ1) is 25.3. The van der Waals surface area contributed by atoms with Crippen molar-refractivity contribution in [3.63, 3.8) is 0 Å². The molecule has 0 aliphatic carbocycles. The Labute approximate surface area is 201 Å². The molecular formula is C27H34N2O5. The number of ether oxygens (including phenoxy) is 2. The summed E-state index contributed by atoms with van der Waals surface area (Å²) >= 11 is 0. The van der Waals surface area contributed by atoms with E-state index in [9.17, 15) is 14.7 Å². The standard InChI is InChI=1S/C27H34N2O5/c1-6-16-34-22-13-9-20(10-14-22)25(30)23-24(19-7-11-21(12-8-19)28(4)5)29(27(32)26(23)31)15-17-33-18(2)3/h7-14,18,24,30H,6,15-17H2,1-5H3/b25-23-. The van der Waals surface area contributed by atoms with Gasteiger partial charge in [-0.3, -0.25) is 9.59 Å². The molecule has 7 nitrogen and oxygen atoms in total. The third-order valence-electron chi connectivity index (χ3n) is 5.65. The SMILES string of the molecule is CCCOc1ccc(/C(O)=C2/C(=O)C(=O)N(CCOC(C)C)C2c2ccc(N(C)C)cc2)cc1. The number of aliphatic hydroxyl groups excluding tert-OH is 1. The van der Waals surface area contributed by atoms with Crippen LogP contribution in [-0.2, 0) is 14.3 Å². The maximum Gasteiger partial charge on any atom is 0.295 e. The van der Waals surface area contributed by atoms with E-state index in [4.69, 9.17) is 9.47 Å². The largest absolute Gasteiger partial charge is 0.507 e. The Morgan fingerprint density at radius 3 is 2.24 bits per heavy atom. The smallest absolute Gasteiger partial charge is 0.295 e. The minimum atomic E-state index is -0.706. The Balaban J connectivity index is 2.02. The van der Waals surface area contributed by atoms with Gasteiger partial charge in [0.1, 0.15) is 11.5 Å². The fourth-order valence-corrected chi connectivity index (χ4v) is 3.88. The normalized spacial score (nSPS) is 17.5. The van der Waals surface area contributed by atoms with Crippen LogP contribution in [0.15, 0.2) is 54.1 Å². The molecule has 1 saturated heterocycles. The zero-order valence-electron chi connectivity index (χ0n) is 20.6. The summed E-state index contributed by atoms with van der Waals surface area (Å²) in [7, 11) is 3.89.